The molecule has 0 fully saturated rings. The monoisotopic (exact) mass is 159 g/mol. The molecule has 0 aliphatic carbocycles. The van der Waals surface area contributed by atoms with Crippen molar-refractivity contribution in [1.82, 2.24) is 5.32 Å². The second-order valence-electron chi connectivity index (χ2n) is 3.46. The van der Waals surface area contributed by atoms with Crippen LogP contribution < -0.4 is 5.32 Å². The minimum absolute atomic E-state index is 0.193. The molecule has 11 heavy (non-hydrogen) atoms. The molecule has 0 amide bonds. The van der Waals surface area contributed by atoms with Gasteiger partial charge in [0, 0.05) is 12.1 Å². The smallest absolute Gasteiger partial charge is 0.0526 e. The van der Waals surface area contributed by atoms with Gasteiger partial charge in [-0.15, -0.1) is 0 Å². The van der Waals surface area contributed by atoms with Gasteiger partial charge in [-0.05, 0) is 33.6 Å². The molecule has 0 spiro atoms. The summed E-state index contributed by atoms with van der Waals surface area (Å²) in [6.07, 6.45) is 1.79. The molecule has 0 aromatic carbocycles. The Morgan fingerprint density at radius 2 is 1.73 bits per heavy atom. The first-order chi connectivity index (χ1) is 5.06. The van der Waals surface area contributed by atoms with E-state index in [0.717, 1.165) is 12.8 Å². The zero-order valence-corrected chi connectivity index (χ0v) is 8.09. The Morgan fingerprint density at radius 3 is 2.09 bits per heavy atom. The fraction of sp³-hybridized carbons (Fsp3) is 1.00. The van der Waals surface area contributed by atoms with E-state index >= 15 is 0 Å². The molecule has 68 valence electrons. The average molecular weight is 159 g/mol. The van der Waals surface area contributed by atoms with E-state index in [1.807, 2.05) is 6.92 Å². The zero-order valence-electron chi connectivity index (χ0n) is 8.09. The summed E-state index contributed by atoms with van der Waals surface area (Å²) in [5.74, 6) is 0. The molecule has 3 unspecified atom stereocenters. The minimum atomic E-state index is -0.193. The second kappa shape index (κ2) is 5.56. The third kappa shape index (κ3) is 6.32. The fourth-order valence-corrected chi connectivity index (χ4v) is 1.18. The van der Waals surface area contributed by atoms with Gasteiger partial charge in [-0.1, -0.05) is 6.92 Å². The predicted octanol–water partition coefficient (Wildman–Crippen LogP) is 1.53. The molecule has 0 saturated carbocycles. The SMILES string of the molecule is CCC(C)NC(C)CC(C)O. The Morgan fingerprint density at radius 1 is 1.18 bits per heavy atom. The Balaban J connectivity index is 3.43. The van der Waals surface area contributed by atoms with Crippen molar-refractivity contribution in [3.8, 4) is 0 Å². The third-order valence-corrected chi connectivity index (χ3v) is 1.88. The Hall–Kier alpha value is -0.0800. The molecule has 0 saturated heterocycles. The molecule has 0 radical (unpaired) electrons. The average Bonchev–Trinajstić information content (AvgIpc) is 1.85. The van der Waals surface area contributed by atoms with Gasteiger partial charge >= 0.3 is 0 Å². The van der Waals surface area contributed by atoms with Crippen molar-refractivity contribution in [1.29, 1.82) is 0 Å². The lowest BCUT2D eigenvalue weighted by atomic mass is 10.1. The summed E-state index contributed by atoms with van der Waals surface area (Å²) < 4.78 is 0. The molecule has 3 atom stereocenters. The van der Waals surface area contributed by atoms with Gasteiger partial charge in [0.1, 0.15) is 0 Å². The lowest BCUT2D eigenvalue weighted by molar-refractivity contribution is 0.168. The highest BCUT2D eigenvalue weighted by molar-refractivity contribution is 4.67. The van der Waals surface area contributed by atoms with Gasteiger partial charge in [0.15, 0.2) is 0 Å². The van der Waals surface area contributed by atoms with Crippen LogP contribution in [-0.2, 0) is 0 Å². The van der Waals surface area contributed by atoms with Gasteiger partial charge in [-0.2, -0.15) is 0 Å². The summed E-state index contributed by atoms with van der Waals surface area (Å²) >= 11 is 0. The van der Waals surface area contributed by atoms with Gasteiger partial charge in [-0.3, -0.25) is 0 Å². The van der Waals surface area contributed by atoms with Gasteiger partial charge < -0.3 is 10.4 Å². The summed E-state index contributed by atoms with van der Waals surface area (Å²) in [5, 5.41) is 12.5. The lowest BCUT2D eigenvalue weighted by Crippen LogP contribution is -2.35. The first-order valence-electron chi connectivity index (χ1n) is 4.50. The number of hydrogen-bond donors (Lipinski definition) is 2. The molecule has 2 N–H and O–H groups in total. The van der Waals surface area contributed by atoms with Crippen molar-refractivity contribution < 1.29 is 5.11 Å². The summed E-state index contributed by atoms with van der Waals surface area (Å²) in [4.78, 5) is 0. The van der Waals surface area contributed by atoms with Crippen molar-refractivity contribution >= 4 is 0 Å². The van der Waals surface area contributed by atoms with Crippen LogP contribution in [0.4, 0.5) is 0 Å². The molecule has 0 aliphatic rings. The quantitative estimate of drug-likeness (QED) is 0.637. The number of nitrogens with one attached hydrogen (secondary N) is 1. The maximum Gasteiger partial charge on any atom is 0.0526 e. The first-order valence-corrected chi connectivity index (χ1v) is 4.50. The first kappa shape index (κ1) is 10.9. The molecule has 2 heteroatoms. The molecule has 0 aliphatic heterocycles. The van der Waals surface area contributed by atoms with Gasteiger partial charge in [0.05, 0.1) is 6.10 Å². The van der Waals surface area contributed by atoms with Crippen LogP contribution in [0.25, 0.3) is 0 Å². The summed E-state index contributed by atoms with van der Waals surface area (Å²) in [5.41, 5.74) is 0. The largest absolute Gasteiger partial charge is 0.393 e. The Kier molecular flexibility index (Phi) is 5.51. The fourth-order valence-electron chi connectivity index (χ4n) is 1.18. The van der Waals surface area contributed by atoms with E-state index in [1.54, 1.807) is 0 Å². The van der Waals surface area contributed by atoms with Gasteiger partial charge in [0.2, 0.25) is 0 Å². The van der Waals surface area contributed by atoms with E-state index in [1.165, 1.54) is 0 Å². The topological polar surface area (TPSA) is 32.3 Å². The lowest BCUT2D eigenvalue weighted by Gasteiger charge is -2.19. The number of aliphatic hydroxyl groups excluding tert-OH is 1. The van der Waals surface area contributed by atoms with E-state index < -0.39 is 0 Å². The van der Waals surface area contributed by atoms with Crippen LogP contribution in [0.2, 0.25) is 0 Å². The zero-order chi connectivity index (χ0) is 8.85. The van der Waals surface area contributed by atoms with E-state index in [2.05, 4.69) is 26.1 Å². The molecular weight excluding hydrogens is 138 g/mol. The molecule has 0 aromatic rings. The summed E-state index contributed by atoms with van der Waals surface area (Å²) in [6, 6.07) is 0.980. The van der Waals surface area contributed by atoms with Crippen LogP contribution in [-0.4, -0.2) is 23.3 Å². The van der Waals surface area contributed by atoms with E-state index in [0.29, 0.717) is 12.1 Å². The van der Waals surface area contributed by atoms with Gasteiger partial charge in [-0.25, -0.2) is 0 Å². The summed E-state index contributed by atoms with van der Waals surface area (Å²) in [7, 11) is 0. The van der Waals surface area contributed by atoms with Crippen LogP contribution in [0.3, 0.4) is 0 Å². The van der Waals surface area contributed by atoms with Crippen LogP contribution in [0.15, 0.2) is 0 Å². The molecular formula is C9H21NO. The second-order valence-corrected chi connectivity index (χ2v) is 3.46. The third-order valence-electron chi connectivity index (χ3n) is 1.88. The van der Waals surface area contributed by atoms with Crippen LogP contribution >= 0.6 is 0 Å². The maximum absolute atomic E-state index is 9.07. The molecule has 2 nitrogen and oxygen atoms in total. The minimum Gasteiger partial charge on any atom is -0.393 e. The molecule has 0 rings (SSSR count). The van der Waals surface area contributed by atoms with Crippen molar-refractivity contribution in [2.24, 2.45) is 0 Å². The maximum atomic E-state index is 9.07. The highest BCUT2D eigenvalue weighted by Crippen LogP contribution is 1.99. The Labute approximate surface area is 70.0 Å². The van der Waals surface area contributed by atoms with Crippen molar-refractivity contribution in [3.05, 3.63) is 0 Å². The van der Waals surface area contributed by atoms with Crippen LogP contribution in [0, 0.1) is 0 Å². The normalized spacial score (nSPS) is 19.4. The predicted molar refractivity (Wildman–Crippen MR) is 48.6 cm³/mol. The van der Waals surface area contributed by atoms with Crippen molar-refractivity contribution in [3.63, 3.8) is 0 Å². The van der Waals surface area contributed by atoms with Crippen LogP contribution in [0.1, 0.15) is 40.5 Å². The molecule has 0 heterocycles. The van der Waals surface area contributed by atoms with Crippen LogP contribution in [0.5, 0.6) is 0 Å². The molecule has 0 bridgehead atoms. The van der Waals surface area contributed by atoms with Gasteiger partial charge in [0.25, 0.3) is 0 Å². The highest BCUT2D eigenvalue weighted by Gasteiger charge is 2.07. The number of hydrogen-bond acceptors (Lipinski definition) is 2. The highest BCUT2D eigenvalue weighted by atomic mass is 16.3. The standard InChI is InChI=1S/C9H21NO/c1-5-7(2)10-8(3)6-9(4)11/h7-11H,5-6H2,1-4H3. The molecule has 0 aromatic heterocycles. The van der Waals surface area contributed by atoms with Crippen molar-refractivity contribution in [2.75, 3.05) is 0 Å². The Bertz CT molecular complexity index is 93.6. The van der Waals surface area contributed by atoms with E-state index in [4.69, 9.17) is 5.11 Å². The number of aliphatic hydroxyl groups is 1. The van der Waals surface area contributed by atoms with E-state index in [9.17, 15) is 0 Å². The van der Waals surface area contributed by atoms with Crippen molar-refractivity contribution in [2.45, 2.75) is 58.7 Å². The number of rotatable bonds is 5. The van der Waals surface area contributed by atoms with E-state index in [-0.39, 0.29) is 6.10 Å². The summed E-state index contributed by atoms with van der Waals surface area (Å²) in [6.45, 7) is 8.26.